The fourth-order valence-electron chi connectivity index (χ4n) is 6.24. The van der Waals surface area contributed by atoms with Gasteiger partial charge in [-0.05, 0) is 99.4 Å². The molecule has 2 aliphatic heterocycles. The number of hydrogen-bond donors (Lipinski definition) is 1. The molecular weight excluding hydrogens is 356 g/mol. The first kappa shape index (κ1) is 19.6. The van der Waals surface area contributed by atoms with Gasteiger partial charge in [0.25, 0.3) is 0 Å². The number of anilines is 1. The molecule has 2 aliphatic carbocycles. The summed E-state index contributed by atoms with van der Waals surface area (Å²) in [6, 6.07) is 7.10. The largest absolute Gasteiger partial charge is 0.317 e. The molecule has 1 saturated heterocycles. The highest BCUT2D eigenvalue weighted by atomic mass is 16.2. The Morgan fingerprint density at radius 1 is 1.00 bits per heavy atom. The van der Waals surface area contributed by atoms with Gasteiger partial charge in [0.15, 0.2) is 0 Å². The monoisotopic (exact) mass is 394 g/mol. The van der Waals surface area contributed by atoms with Crippen LogP contribution in [0, 0.1) is 17.8 Å². The normalized spacial score (nSPS) is 28.2. The molecule has 5 rings (SSSR count). The first-order valence-electron chi connectivity index (χ1n) is 12.4. The molecule has 2 saturated carbocycles. The lowest BCUT2D eigenvalue weighted by Gasteiger charge is -2.34. The van der Waals surface area contributed by atoms with Crippen LogP contribution in [0.15, 0.2) is 18.2 Å². The number of aryl methyl sites for hydroxylation is 1. The second-order valence-electron chi connectivity index (χ2n) is 10.2. The van der Waals surface area contributed by atoms with E-state index in [1.165, 1.54) is 75.7 Å². The van der Waals surface area contributed by atoms with Crippen molar-refractivity contribution < 1.29 is 4.79 Å². The lowest BCUT2D eigenvalue weighted by Crippen LogP contribution is -2.40. The summed E-state index contributed by atoms with van der Waals surface area (Å²) in [6.07, 6.45) is 15.2. The Morgan fingerprint density at radius 3 is 2.66 bits per heavy atom. The van der Waals surface area contributed by atoms with Crippen LogP contribution in [0.3, 0.4) is 0 Å². The molecule has 1 aromatic carbocycles. The van der Waals surface area contributed by atoms with Gasteiger partial charge in [0.05, 0.1) is 0 Å². The predicted molar refractivity (Wildman–Crippen MR) is 119 cm³/mol. The van der Waals surface area contributed by atoms with Crippen LogP contribution in [0.5, 0.6) is 0 Å². The molecule has 2 heterocycles. The quantitative estimate of drug-likeness (QED) is 0.722. The van der Waals surface area contributed by atoms with Crippen molar-refractivity contribution in [2.45, 2.75) is 83.0 Å². The maximum atomic E-state index is 13.2. The average molecular weight is 395 g/mol. The molecule has 3 fully saturated rings. The number of carbonyl (C=O) groups excluding carboxylic acids is 1. The van der Waals surface area contributed by atoms with Gasteiger partial charge in [-0.15, -0.1) is 0 Å². The Morgan fingerprint density at radius 2 is 1.83 bits per heavy atom. The van der Waals surface area contributed by atoms with E-state index in [-0.39, 0.29) is 5.92 Å². The van der Waals surface area contributed by atoms with Crippen LogP contribution < -0.4 is 10.2 Å². The highest BCUT2D eigenvalue weighted by Crippen LogP contribution is 2.51. The number of hydrogen-bond acceptors (Lipinski definition) is 2. The number of piperidine rings is 1. The van der Waals surface area contributed by atoms with Crippen LogP contribution >= 0.6 is 0 Å². The Hall–Kier alpha value is -1.35. The minimum atomic E-state index is 0.275. The van der Waals surface area contributed by atoms with E-state index in [1.807, 2.05) is 0 Å². The number of carbonyl (C=O) groups is 1. The molecule has 0 spiro atoms. The first-order valence-corrected chi connectivity index (χ1v) is 12.4. The van der Waals surface area contributed by atoms with Crippen LogP contribution in [0.2, 0.25) is 0 Å². The average Bonchev–Trinajstić information content (AvgIpc) is 3.57. The summed E-state index contributed by atoms with van der Waals surface area (Å²) in [5.41, 5.74) is 4.20. The first-order chi connectivity index (χ1) is 14.3. The van der Waals surface area contributed by atoms with Gasteiger partial charge < -0.3 is 10.2 Å². The van der Waals surface area contributed by atoms with Gasteiger partial charge in [0, 0.05) is 18.2 Å². The van der Waals surface area contributed by atoms with Crippen LogP contribution in [0.1, 0.15) is 87.7 Å². The second-order valence-corrected chi connectivity index (χ2v) is 10.2. The van der Waals surface area contributed by atoms with E-state index in [4.69, 9.17) is 0 Å². The lowest BCUT2D eigenvalue weighted by molar-refractivity contribution is -0.123. The molecule has 0 aromatic heterocycles. The summed E-state index contributed by atoms with van der Waals surface area (Å²) in [4.78, 5) is 15.3. The molecule has 3 heteroatoms. The molecule has 3 nitrogen and oxygen atoms in total. The summed E-state index contributed by atoms with van der Waals surface area (Å²) in [5, 5.41) is 3.49. The SMILES string of the molecule is O=C(C1CCCCC1)N1CCCc2cc(C3CC3CCC3CCNCC3)ccc21. The lowest BCUT2D eigenvalue weighted by atomic mass is 9.87. The molecule has 0 radical (unpaired) electrons. The molecule has 2 unspecified atom stereocenters. The number of fused-ring (bicyclic) bond motifs is 1. The summed E-state index contributed by atoms with van der Waals surface area (Å²) in [5.74, 6) is 3.33. The number of rotatable bonds is 5. The second kappa shape index (κ2) is 8.79. The van der Waals surface area contributed by atoms with Crippen LogP contribution in [0.4, 0.5) is 5.69 Å². The standard InChI is InChI=1S/C26H38N2O/c29-26(20-5-2-1-3-6-20)28-16-4-7-23-17-21(10-11-25(23)28)24-18-22(24)9-8-19-12-14-27-15-13-19/h10-11,17,19-20,22,24,27H,1-9,12-16,18H2. The van der Waals surface area contributed by atoms with Crippen molar-refractivity contribution in [3.05, 3.63) is 29.3 Å². The zero-order chi connectivity index (χ0) is 19.6. The van der Waals surface area contributed by atoms with E-state index in [2.05, 4.69) is 28.4 Å². The predicted octanol–water partition coefficient (Wildman–Crippen LogP) is 5.43. The Labute approximate surface area is 176 Å². The molecule has 4 aliphatic rings. The maximum Gasteiger partial charge on any atom is 0.230 e. The zero-order valence-corrected chi connectivity index (χ0v) is 18.0. The number of nitrogens with zero attached hydrogens (tertiary/aromatic N) is 1. The molecule has 1 amide bonds. The molecule has 0 bridgehead atoms. The fourth-order valence-corrected chi connectivity index (χ4v) is 6.24. The summed E-state index contributed by atoms with van der Waals surface area (Å²) >= 11 is 0. The van der Waals surface area contributed by atoms with E-state index in [1.54, 1.807) is 5.56 Å². The summed E-state index contributed by atoms with van der Waals surface area (Å²) in [6.45, 7) is 3.36. The number of benzene rings is 1. The van der Waals surface area contributed by atoms with Crippen molar-refractivity contribution in [1.82, 2.24) is 5.32 Å². The molecule has 158 valence electrons. The Balaban J connectivity index is 1.21. The van der Waals surface area contributed by atoms with E-state index in [0.717, 1.165) is 50.0 Å². The van der Waals surface area contributed by atoms with E-state index >= 15 is 0 Å². The third kappa shape index (κ3) is 4.40. The van der Waals surface area contributed by atoms with Crippen molar-refractivity contribution in [3.63, 3.8) is 0 Å². The Kier molecular flexibility index (Phi) is 5.95. The zero-order valence-electron chi connectivity index (χ0n) is 18.0. The number of amides is 1. The van der Waals surface area contributed by atoms with Crippen LogP contribution in [0.25, 0.3) is 0 Å². The van der Waals surface area contributed by atoms with E-state index in [9.17, 15) is 4.79 Å². The van der Waals surface area contributed by atoms with Gasteiger partial charge in [-0.25, -0.2) is 0 Å². The van der Waals surface area contributed by atoms with Gasteiger partial charge in [-0.3, -0.25) is 4.79 Å². The molecular formula is C26H38N2O. The molecule has 2 atom stereocenters. The molecule has 1 aromatic rings. The van der Waals surface area contributed by atoms with Crippen molar-refractivity contribution >= 4 is 11.6 Å². The van der Waals surface area contributed by atoms with Gasteiger partial charge in [-0.2, -0.15) is 0 Å². The minimum absolute atomic E-state index is 0.275. The number of nitrogens with one attached hydrogen (secondary N) is 1. The fraction of sp³-hybridized carbons (Fsp3) is 0.731. The van der Waals surface area contributed by atoms with Crippen molar-refractivity contribution in [1.29, 1.82) is 0 Å². The molecule has 1 N–H and O–H groups in total. The highest BCUT2D eigenvalue weighted by molar-refractivity contribution is 5.96. The third-order valence-corrected chi connectivity index (χ3v) is 8.20. The van der Waals surface area contributed by atoms with Crippen molar-refractivity contribution in [2.24, 2.45) is 17.8 Å². The maximum absolute atomic E-state index is 13.2. The summed E-state index contributed by atoms with van der Waals surface area (Å²) in [7, 11) is 0. The smallest absolute Gasteiger partial charge is 0.230 e. The van der Waals surface area contributed by atoms with Gasteiger partial charge in [0.1, 0.15) is 0 Å². The van der Waals surface area contributed by atoms with Crippen LogP contribution in [-0.4, -0.2) is 25.5 Å². The van der Waals surface area contributed by atoms with Gasteiger partial charge >= 0.3 is 0 Å². The van der Waals surface area contributed by atoms with Crippen molar-refractivity contribution in [2.75, 3.05) is 24.5 Å². The highest BCUT2D eigenvalue weighted by Gasteiger charge is 2.39. The molecule has 29 heavy (non-hydrogen) atoms. The minimum Gasteiger partial charge on any atom is -0.317 e. The van der Waals surface area contributed by atoms with Gasteiger partial charge in [0.2, 0.25) is 5.91 Å². The van der Waals surface area contributed by atoms with E-state index in [0.29, 0.717) is 5.91 Å². The van der Waals surface area contributed by atoms with Crippen LogP contribution in [-0.2, 0) is 11.2 Å². The third-order valence-electron chi connectivity index (χ3n) is 8.20. The topological polar surface area (TPSA) is 32.3 Å². The summed E-state index contributed by atoms with van der Waals surface area (Å²) < 4.78 is 0. The van der Waals surface area contributed by atoms with Crippen molar-refractivity contribution in [3.8, 4) is 0 Å². The van der Waals surface area contributed by atoms with E-state index < -0.39 is 0 Å². The van der Waals surface area contributed by atoms with Gasteiger partial charge in [-0.1, -0.05) is 37.8 Å². The Bertz CT molecular complexity index is 717.